The van der Waals surface area contributed by atoms with Gasteiger partial charge in [-0.15, -0.1) is 0 Å². The lowest BCUT2D eigenvalue weighted by Gasteiger charge is -2.43. The van der Waals surface area contributed by atoms with Crippen LogP contribution in [0.25, 0.3) is 0 Å². The zero-order chi connectivity index (χ0) is 14.9. The Morgan fingerprint density at radius 3 is 2.70 bits per heavy atom. The molecule has 1 N–H and O–H groups in total. The summed E-state index contributed by atoms with van der Waals surface area (Å²) in [7, 11) is 1.88. The van der Waals surface area contributed by atoms with Crippen molar-refractivity contribution in [1.29, 1.82) is 0 Å². The molecule has 1 aromatic carbocycles. The summed E-state index contributed by atoms with van der Waals surface area (Å²) >= 11 is 0. The SMILES string of the molecule is CNC(C)c1ccc(N2CC(C)OC(C)(C)C2)c(F)c1. The lowest BCUT2D eigenvalue weighted by Crippen LogP contribution is -2.52. The number of rotatable bonds is 3. The minimum Gasteiger partial charge on any atom is -0.369 e. The third kappa shape index (κ3) is 3.30. The fourth-order valence-electron chi connectivity index (χ4n) is 2.85. The summed E-state index contributed by atoms with van der Waals surface area (Å²) in [5.41, 5.74) is 1.38. The molecule has 0 radical (unpaired) electrons. The fraction of sp³-hybridized carbons (Fsp3) is 0.625. The monoisotopic (exact) mass is 280 g/mol. The average molecular weight is 280 g/mol. The molecule has 1 heterocycles. The first kappa shape index (κ1) is 15.3. The van der Waals surface area contributed by atoms with Crippen molar-refractivity contribution >= 4 is 5.69 Å². The Hall–Kier alpha value is -1.13. The van der Waals surface area contributed by atoms with E-state index in [2.05, 4.69) is 10.2 Å². The number of hydrogen-bond acceptors (Lipinski definition) is 3. The maximum Gasteiger partial charge on any atom is 0.146 e. The second-order valence-corrected chi connectivity index (χ2v) is 6.29. The molecule has 0 bridgehead atoms. The van der Waals surface area contributed by atoms with Crippen molar-refractivity contribution in [3.63, 3.8) is 0 Å². The van der Waals surface area contributed by atoms with Crippen LogP contribution < -0.4 is 10.2 Å². The molecule has 1 aliphatic heterocycles. The van der Waals surface area contributed by atoms with Gasteiger partial charge in [0.25, 0.3) is 0 Å². The number of hydrogen-bond donors (Lipinski definition) is 1. The van der Waals surface area contributed by atoms with Crippen LogP contribution in [0, 0.1) is 5.82 Å². The van der Waals surface area contributed by atoms with Crippen LogP contribution in [-0.4, -0.2) is 31.8 Å². The first-order chi connectivity index (χ1) is 9.32. The zero-order valence-corrected chi connectivity index (χ0v) is 13.0. The van der Waals surface area contributed by atoms with Crippen LogP contribution >= 0.6 is 0 Å². The predicted octanol–water partition coefficient (Wildman–Crippen LogP) is 3.11. The van der Waals surface area contributed by atoms with Crippen molar-refractivity contribution in [3.8, 4) is 0 Å². The van der Waals surface area contributed by atoms with Crippen molar-refractivity contribution in [2.75, 3.05) is 25.0 Å². The van der Waals surface area contributed by atoms with Crippen molar-refractivity contribution < 1.29 is 9.13 Å². The van der Waals surface area contributed by atoms with E-state index in [1.165, 1.54) is 0 Å². The molecule has 3 nitrogen and oxygen atoms in total. The van der Waals surface area contributed by atoms with E-state index >= 15 is 0 Å². The van der Waals surface area contributed by atoms with Crippen LogP contribution in [0.15, 0.2) is 18.2 Å². The molecule has 2 atom stereocenters. The number of anilines is 1. The van der Waals surface area contributed by atoms with Gasteiger partial charge >= 0.3 is 0 Å². The van der Waals surface area contributed by atoms with Crippen LogP contribution in [0.4, 0.5) is 10.1 Å². The molecule has 1 saturated heterocycles. The van der Waals surface area contributed by atoms with Crippen molar-refractivity contribution in [2.24, 2.45) is 0 Å². The molecule has 0 spiro atoms. The van der Waals surface area contributed by atoms with Crippen LogP contribution in [0.3, 0.4) is 0 Å². The summed E-state index contributed by atoms with van der Waals surface area (Å²) in [5, 5.41) is 3.13. The maximum absolute atomic E-state index is 14.4. The molecular weight excluding hydrogens is 255 g/mol. The summed E-state index contributed by atoms with van der Waals surface area (Å²) in [6, 6.07) is 5.65. The highest BCUT2D eigenvalue weighted by Gasteiger charge is 2.32. The molecule has 0 aliphatic carbocycles. The van der Waals surface area contributed by atoms with Crippen LogP contribution in [0.2, 0.25) is 0 Å². The number of morpholine rings is 1. The van der Waals surface area contributed by atoms with E-state index in [1.54, 1.807) is 6.07 Å². The molecule has 0 amide bonds. The van der Waals surface area contributed by atoms with E-state index in [9.17, 15) is 4.39 Å². The van der Waals surface area contributed by atoms with Gasteiger partial charge in [-0.2, -0.15) is 0 Å². The molecule has 0 aromatic heterocycles. The first-order valence-corrected chi connectivity index (χ1v) is 7.22. The maximum atomic E-state index is 14.4. The molecule has 1 aliphatic rings. The number of ether oxygens (including phenoxy) is 1. The highest BCUT2D eigenvalue weighted by molar-refractivity contribution is 5.50. The summed E-state index contributed by atoms with van der Waals surface area (Å²) in [5.74, 6) is -0.158. The molecule has 0 saturated carbocycles. The molecule has 2 rings (SSSR count). The zero-order valence-electron chi connectivity index (χ0n) is 13.0. The minimum absolute atomic E-state index is 0.106. The van der Waals surface area contributed by atoms with Crippen LogP contribution in [0.5, 0.6) is 0 Å². The van der Waals surface area contributed by atoms with Gasteiger partial charge in [-0.3, -0.25) is 0 Å². The Balaban J connectivity index is 2.24. The summed E-state index contributed by atoms with van der Waals surface area (Å²) in [4.78, 5) is 2.08. The summed E-state index contributed by atoms with van der Waals surface area (Å²) in [6.07, 6.45) is 0.106. The molecule has 2 unspecified atom stereocenters. The average Bonchev–Trinajstić information content (AvgIpc) is 2.35. The molecule has 1 aromatic rings. The number of nitrogens with zero attached hydrogens (tertiary/aromatic N) is 1. The highest BCUT2D eigenvalue weighted by Crippen LogP contribution is 2.29. The molecular formula is C16H25FN2O. The van der Waals surface area contributed by atoms with Gasteiger partial charge in [-0.05, 0) is 52.4 Å². The lowest BCUT2D eigenvalue weighted by atomic mass is 10.0. The summed E-state index contributed by atoms with van der Waals surface area (Å²) < 4.78 is 20.3. The van der Waals surface area contributed by atoms with Crippen LogP contribution in [0.1, 0.15) is 39.3 Å². The van der Waals surface area contributed by atoms with Gasteiger partial charge in [0.1, 0.15) is 5.82 Å². The number of nitrogens with one attached hydrogen (secondary N) is 1. The van der Waals surface area contributed by atoms with Crippen molar-refractivity contribution in [3.05, 3.63) is 29.6 Å². The predicted molar refractivity (Wildman–Crippen MR) is 80.7 cm³/mol. The lowest BCUT2D eigenvalue weighted by molar-refractivity contribution is -0.0751. The topological polar surface area (TPSA) is 24.5 Å². The van der Waals surface area contributed by atoms with Gasteiger partial charge in [0.15, 0.2) is 0 Å². The van der Waals surface area contributed by atoms with E-state index in [0.29, 0.717) is 12.2 Å². The van der Waals surface area contributed by atoms with Crippen molar-refractivity contribution in [1.82, 2.24) is 5.32 Å². The highest BCUT2D eigenvalue weighted by atomic mass is 19.1. The van der Waals surface area contributed by atoms with Gasteiger partial charge in [0, 0.05) is 19.1 Å². The standard InChI is InChI=1S/C16H25FN2O/c1-11-9-19(10-16(3,4)20-11)15-7-6-13(8-14(15)17)12(2)18-5/h6-8,11-12,18H,9-10H2,1-5H3. The largest absolute Gasteiger partial charge is 0.369 e. The van der Waals surface area contributed by atoms with Gasteiger partial charge < -0.3 is 15.0 Å². The van der Waals surface area contributed by atoms with Gasteiger partial charge in [0.05, 0.1) is 17.4 Å². The van der Waals surface area contributed by atoms with E-state index < -0.39 is 0 Å². The number of halogens is 1. The van der Waals surface area contributed by atoms with Gasteiger partial charge in [-0.25, -0.2) is 4.39 Å². The van der Waals surface area contributed by atoms with E-state index in [1.807, 2.05) is 46.9 Å². The minimum atomic E-state index is -0.249. The Morgan fingerprint density at radius 1 is 1.45 bits per heavy atom. The molecule has 1 fully saturated rings. The van der Waals surface area contributed by atoms with E-state index in [-0.39, 0.29) is 23.6 Å². The summed E-state index contributed by atoms with van der Waals surface area (Å²) in [6.45, 7) is 9.57. The third-order valence-electron chi connectivity index (χ3n) is 3.81. The van der Waals surface area contributed by atoms with E-state index in [4.69, 9.17) is 4.74 Å². The Kier molecular flexibility index (Phi) is 4.35. The van der Waals surface area contributed by atoms with Gasteiger partial charge in [-0.1, -0.05) is 6.07 Å². The smallest absolute Gasteiger partial charge is 0.146 e. The number of benzene rings is 1. The van der Waals surface area contributed by atoms with Gasteiger partial charge in [0.2, 0.25) is 0 Å². The second-order valence-electron chi connectivity index (χ2n) is 6.29. The molecule has 112 valence electrons. The molecule has 20 heavy (non-hydrogen) atoms. The van der Waals surface area contributed by atoms with Crippen LogP contribution in [-0.2, 0) is 4.74 Å². The van der Waals surface area contributed by atoms with Crippen molar-refractivity contribution in [2.45, 2.75) is 45.4 Å². The second kappa shape index (κ2) is 5.70. The Bertz CT molecular complexity index is 476. The normalized spacial score (nSPS) is 23.7. The quantitative estimate of drug-likeness (QED) is 0.920. The van der Waals surface area contributed by atoms with E-state index in [0.717, 1.165) is 12.1 Å². The Labute approximate surface area is 121 Å². The third-order valence-corrected chi connectivity index (χ3v) is 3.81. The Morgan fingerprint density at radius 2 is 2.15 bits per heavy atom. The molecule has 4 heteroatoms. The fourth-order valence-corrected chi connectivity index (χ4v) is 2.85. The first-order valence-electron chi connectivity index (χ1n) is 7.22.